The number of carbonyl (C=O) groups excluding carboxylic acids is 2. The number of aromatic nitrogens is 2. The number of carbonyl (C=O) groups is 2. The third-order valence-corrected chi connectivity index (χ3v) is 5.28. The molecule has 1 saturated heterocycles. The summed E-state index contributed by atoms with van der Waals surface area (Å²) in [6.45, 7) is 2.16. The van der Waals surface area contributed by atoms with Crippen molar-refractivity contribution in [3.05, 3.63) is 60.4 Å². The van der Waals surface area contributed by atoms with Crippen molar-refractivity contribution in [1.29, 1.82) is 0 Å². The number of benzene rings is 2. The Hall–Kier alpha value is -3.52. The first-order valence-corrected chi connectivity index (χ1v) is 9.86. The highest BCUT2D eigenvalue weighted by molar-refractivity contribution is 6.07. The van der Waals surface area contributed by atoms with E-state index in [1.54, 1.807) is 21.9 Å². The molecule has 0 radical (unpaired) electrons. The van der Waals surface area contributed by atoms with Gasteiger partial charge < -0.3 is 14.4 Å². The second-order valence-corrected chi connectivity index (χ2v) is 7.17. The molecule has 5 rings (SSSR count). The number of anilines is 1. The highest BCUT2D eigenvalue weighted by atomic mass is 16.5. The van der Waals surface area contributed by atoms with Gasteiger partial charge in [-0.05, 0) is 24.3 Å². The molecule has 1 atom stereocenters. The number of amides is 2. The van der Waals surface area contributed by atoms with Gasteiger partial charge in [0, 0.05) is 13.1 Å². The van der Waals surface area contributed by atoms with E-state index in [9.17, 15) is 9.59 Å². The van der Waals surface area contributed by atoms with Crippen molar-refractivity contribution >= 4 is 28.5 Å². The summed E-state index contributed by atoms with van der Waals surface area (Å²) in [5.41, 5.74) is 2.20. The Morgan fingerprint density at radius 2 is 1.70 bits per heavy atom. The van der Waals surface area contributed by atoms with Crippen LogP contribution in [0, 0.1) is 0 Å². The maximum atomic E-state index is 13.4. The predicted octanol–water partition coefficient (Wildman–Crippen LogP) is 1.90. The summed E-state index contributed by atoms with van der Waals surface area (Å²) in [5.74, 6) is 0.0384. The summed E-state index contributed by atoms with van der Waals surface area (Å²) in [7, 11) is 0. The van der Waals surface area contributed by atoms with E-state index in [0.29, 0.717) is 43.3 Å². The van der Waals surface area contributed by atoms with Crippen molar-refractivity contribution in [3.8, 4) is 5.75 Å². The number of rotatable bonds is 2. The lowest BCUT2D eigenvalue weighted by Gasteiger charge is -2.37. The van der Waals surface area contributed by atoms with Crippen LogP contribution in [-0.4, -0.2) is 65.6 Å². The number of fused-ring (bicyclic) bond motifs is 2. The topological polar surface area (TPSA) is 84.9 Å². The number of ether oxygens (including phenoxy) is 2. The molecule has 0 N–H and O–H groups in total. The van der Waals surface area contributed by atoms with Crippen LogP contribution in [0.15, 0.2) is 54.7 Å². The number of hydrogen-bond donors (Lipinski definition) is 0. The van der Waals surface area contributed by atoms with E-state index in [1.807, 2.05) is 36.4 Å². The summed E-state index contributed by atoms with van der Waals surface area (Å²) in [5, 5.41) is 0. The molecule has 2 aliphatic rings. The molecule has 0 unspecified atom stereocenters. The highest BCUT2D eigenvalue weighted by Gasteiger charge is 2.37. The van der Waals surface area contributed by atoms with Gasteiger partial charge in [-0.1, -0.05) is 24.3 Å². The van der Waals surface area contributed by atoms with E-state index in [0.717, 1.165) is 5.52 Å². The van der Waals surface area contributed by atoms with Crippen molar-refractivity contribution in [2.24, 2.45) is 0 Å². The van der Waals surface area contributed by atoms with Crippen LogP contribution in [0.2, 0.25) is 0 Å². The van der Waals surface area contributed by atoms with Crippen molar-refractivity contribution in [1.82, 2.24) is 14.9 Å². The molecule has 30 heavy (non-hydrogen) atoms. The predicted molar refractivity (Wildman–Crippen MR) is 109 cm³/mol. The summed E-state index contributed by atoms with van der Waals surface area (Å²) < 4.78 is 11.3. The first-order valence-electron chi connectivity index (χ1n) is 9.86. The lowest BCUT2D eigenvalue weighted by Crippen LogP contribution is -2.54. The van der Waals surface area contributed by atoms with Gasteiger partial charge in [-0.15, -0.1) is 0 Å². The average Bonchev–Trinajstić information content (AvgIpc) is 2.82. The van der Waals surface area contributed by atoms with Crippen LogP contribution < -0.4 is 9.64 Å². The Morgan fingerprint density at radius 3 is 2.53 bits per heavy atom. The molecule has 8 heteroatoms. The molecular formula is C22H20N4O4. The zero-order valence-corrected chi connectivity index (χ0v) is 16.2. The second kappa shape index (κ2) is 7.72. The molecule has 0 bridgehead atoms. The van der Waals surface area contributed by atoms with Gasteiger partial charge in [-0.2, -0.15) is 0 Å². The lowest BCUT2D eigenvalue weighted by atomic mass is 10.1. The third-order valence-electron chi connectivity index (χ3n) is 5.28. The first-order chi connectivity index (χ1) is 14.7. The SMILES string of the molecule is O=C([C@H]1CN(C(=O)c2cnc3ccccc3n2)c2ccccc2O1)N1CCOCC1. The molecule has 1 aromatic heterocycles. The van der Waals surface area contributed by atoms with Gasteiger partial charge in [0.25, 0.3) is 11.8 Å². The van der Waals surface area contributed by atoms with Gasteiger partial charge in [-0.25, -0.2) is 4.98 Å². The van der Waals surface area contributed by atoms with Gasteiger partial charge >= 0.3 is 0 Å². The van der Waals surface area contributed by atoms with Crippen molar-refractivity contribution in [3.63, 3.8) is 0 Å². The molecular weight excluding hydrogens is 384 g/mol. The number of morpholine rings is 1. The molecule has 0 saturated carbocycles. The van der Waals surface area contributed by atoms with Gasteiger partial charge in [0.2, 0.25) is 0 Å². The molecule has 2 aromatic carbocycles. The van der Waals surface area contributed by atoms with E-state index in [1.165, 1.54) is 6.20 Å². The largest absolute Gasteiger partial charge is 0.476 e. The zero-order chi connectivity index (χ0) is 20.5. The van der Waals surface area contributed by atoms with Crippen molar-refractivity contribution in [2.45, 2.75) is 6.10 Å². The van der Waals surface area contributed by atoms with E-state index in [-0.39, 0.29) is 24.1 Å². The monoisotopic (exact) mass is 404 g/mol. The summed E-state index contributed by atoms with van der Waals surface area (Å²) in [6, 6.07) is 14.6. The number of hydrogen-bond acceptors (Lipinski definition) is 6. The Labute approximate surface area is 173 Å². The standard InChI is InChI=1S/C22H20N4O4/c27-21(17-13-23-15-5-1-2-6-16(15)24-17)26-14-20(22(28)25-9-11-29-12-10-25)30-19-8-4-3-7-18(19)26/h1-8,13,20H,9-12,14H2/t20-/m1/s1. The number of para-hydroxylation sites is 4. The fourth-order valence-electron chi connectivity index (χ4n) is 3.74. The average molecular weight is 404 g/mol. The minimum absolute atomic E-state index is 0.112. The Morgan fingerprint density at radius 1 is 0.967 bits per heavy atom. The van der Waals surface area contributed by atoms with Crippen LogP contribution in [0.5, 0.6) is 5.75 Å². The molecule has 2 aliphatic heterocycles. The van der Waals surface area contributed by atoms with E-state index in [2.05, 4.69) is 9.97 Å². The normalized spacial score (nSPS) is 18.6. The smallest absolute Gasteiger partial charge is 0.278 e. The summed E-state index contributed by atoms with van der Waals surface area (Å²) in [6.07, 6.45) is 0.692. The molecule has 2 amide bonds. The minimum atomic E-state index is -0.782. The fraction of sp³-hybridized carbons (Fsp3) is 0.273. The van der Waals surface area contributed by atoms with E-state index < -0.39 is 6.10 Å². The molecule has 1 fully saturated rings. The van der Waals surface area contributed by atoms with Crippen molar-refractivity contribution in [2.75, 3.05) is 37.7 Å². The molecule has 152 valence electrons. The maximum Gasteiger partial charge on any atom is 0.278 e. The Kier molecular flexibility index (Phi) is 4.76. The minimum Gasteiger partial charge on any atom is -0.476 e. The fourth-order valence-corrected chi connectivity index (χ4v) is 3.74. The van der Waals surface area contributed by atoms with Crippen molar-refractivity contribution < 1.29 is 19.1 Å². The zero-order valence-electron chi connectivity index (χ0n) is 16.2. The first kappa shape index (κ1) is 18.5. The Balaban J connectivity index is 1.47. The maximum absolute atomic E-state index is 13.4. The summed E-state index contributed by atoms with van der Waals surface area (Å²) in [4.78, 5) is 38.5. The van der Waals surface area contributed by atoms with Gasteiger partial charge in [0.15, 0.2) is 6.10 Å². The van der Waals surface area contributed by atoms with E-state index >= 15 is 0 Å². The highest BCUT2D eigenvalue weighted by Crippen LogP contribution is 2.34. The van der Waals surface area contributed by atoms with Gasteiger partial charge in [0.1, 0.15) is 11.4 Å². The van der Waals surface area contributed by atoms with E-state index in [4.69, 9.17) is 9.47 Å². The molecule has 0 aliphatic carbocycles. The van der Waals surface area contributed by atoms with Gasteiger partial charge in [-0.3, -0.25) is 19.5 Å². The molecule has 8 nitrogen and oxygen atoms in total. The van der Waals surface area contributed by atoms with Gasteiger partial charge in [0.05, 0.1) is 42.7 Å². The lowest BCUT2D eigenvalue weighted by molar-refractivity contribution is -0.142. The summed E-state index contributed by atoms with van der Waals surface area (Å²) >= 11 is 0. The van der Waals surface area contributed by atoms with Crippen LogP contribution in [0.4, 0.5) is 5.69 Å². The third kappa shape index (κ3) is 3.35. The number of nitrogens with zero attached hydrogens (tertiary/aromatic N) is 4. The Bertz CT molecular complexity index is 1110. The second-order valence-electron chi connectivity index (χ2n) is 7.17. The van der Waals surface area contributed by atoms with Crippen LogP contribution in [0.3, 0.4) is 0 Å². The molecule has 0 spiro atoms. The van der Waals surface area contributed by atoms with Crippen LogP contribution in [-0.2, 0) is 9.53 Å². The molecule has 3 heterocycles. The van der Waals surface area contributed by atoms with Crippen LogP contribution >= 0.6 is 0 Å². The van der Waals surface area contributed by atoms with Crippen LogP contribution in [0.1, 0.15) is 10.5 Å². The quantitative estimate of drug-likeness (QED) is 0.649. The molecule has 3 aromatic rings. The van der Waals surface area contributed by atoms with Crippen LogP contribution in [0.25, 0.3) is 11.0 Å².